The van der Waals surface area contributed by atoms with Crippen molar-refractivity contribution >= 4 is 38.7 Å². The lowest BCUT2D eigenvalue weighted by molar-refractivity contribution is 0.537. The fourth-order valence-corrected chi connectivity index (χ4v) is 2.99. The third-order valence-electron chi connectivity index (χ3n) is 3.62. The zero-order valence-electron chi connectivity index (χ0n) is 16.9. The molecule has 0 saturated carbocycles. The van der Waals surface area contributed by atoms with Crippen LogP contribution in [0.1, 0.15) is 27.5 Å². The number of halogens is 1. The predicted molar refractivity (Wildman–Crippen MR) is 88.2 cm³/mol. The van der Waals surface area contributed by atoms with Crippen molar-refractivity contribution in [2.75, 3.05) is 11.4 Å². The summed E-state index contributed by atoms with van der Waals surface area (Å²) < 4.78 is 54.9. The first-order valence-electron chi connectivity index (χ1n) is 9.48. The zero-order valence-corrected chi connectivity index (χ0v) is 12.5. The summed E-state index contributed by atoms with van der Waals surface area (Å²) in [5.41, 5.74) is -0.179. The van der Waals surface area contributed by atoms with Gasteiger partial charge in [-0.25, -0.2) is 0 Å². The third-order valence-corrected chi connectivity index (χ3v) is 4.11. The van der Waals surface area contributed by atoms with E-state index in [1.807, 2.05) is 6.07 Å². The average molecular weight is 349 g/mol. The molecular formula is C17H15BrN2O. The topological polar surface area (TPSA) is 29.3 Å². The SMILES string of the molecule is [2H]C([2H])([2H])C1(C([2H])([2H])[2H])CN(c2nc3ccccc3o2)c2cc(Br)ccc21. The van der Waals surface area contributed by atoms with Crippen molar-refractivity contribution < 1.29 is 12.6 Å². The number of anilines is 2. The first-order chi connectivity index (χ1) is 12.5. The molecule has 21 heavy (non-hydrogen) atoms. The van der Waals surface area contributed by atoms with Crippen LogP contribution in [0.5, 0.6) is 0 Å². The number of nitrogens with zero attached hydrogens (tertiary/aromatic N) is 2. The monoisotopic (exact) mass is 348 g/mol. The van der Waals surface area contributed by atoms with Gasteiger partial charge in [0.2, 0.25) is 0 Å². The van der Waals surface area contributed by atoms with Crippen LogP contribution in [0.15, 0.2) is 51.4 Å². The molecule has 3 aromatic rings. The Morgan fingerprint density at radius 3 is 2.95 bits per heavy atom. The highest BCUT2D eigenvalue weighted by Crippen LogP contribution is 2.45. The minimum Gasteiger partial charge on any atom is -0.423 e. The molecule has 1 aliphatic heterocycles. The molecule has 0 saturated heterocycles. The molecule has 0 spiro atoms. The minimum absolute atomic E-state index is 0.172. The third kappa shape index (κ3) is 1.97. The summed E-state index contributed by atoms with van der Waals surface area (Å²) in [4.78, 5) is 5.97. The van der Waals surface area contributed by atoms with Crippen molar-refractivity contribution in [1.82, 2.24) is 4.98 Å². The lowest BCUT2D eigenvalue weighted by atomic mass is 9.87. The van der Waals surface area contributed by atoms with E-state index >= 15 is 0 Å². The lowest BCUT2D eigenvalue weighted by Gasteiger charge is -2.19. The Labute approximate surface area is 140 Å². The molecule has 0 amide bonds. The second-order valence-corrected chi connectivity index (χ2v) is 6.03. The van der Waals surface area contributed by atoms with E-state index in [-0.39, 0.29) is 18.1 Å². The summed E-state index contributed by atoms with van der Waals surface area (Å²) in [6.45, 7) is -5.78. The number of fused-ring (bicyclic) bond motifs is 2. The van der Waals surface area contributed by atoms with Crippen LogP contribution in [0.2, 0.25) is 0 Å². The number of hydrogen-bond donors (Lipinski definition) is 0. The second kappa shape index (κ2) is 4.34. The molecule has 0 bridgehead atoms. The van der Waals surface area contributed by atoms with Gasteiger partial charge in [0, 0.05) is 24.7 Å². The number of rotatable bonds is 1. The maximum absolute atomic E-state index is 8.06. The summed E-state index contributed by atoms with van der Waals surface area (Å²) in [5.74, 6) is 0. The summed E-state index contributed by atoms with van der Waals surface area (Å²) in [6.07, 6.45) is 0. The standard InChI is InChI=1S/C17H15BrN2O/c1-17(2)10-20(14-9-11(18)7-8-12(14)17)16-19-13-5-3-4-6-15(13)21-16/h3-9H,10H2,1-2H3/i1D3,2D3. The number of oxazole rings is 1. The van der Waals surface area contributed by atoms with Crippen molar-refractivity contribution in [3.05, 3.63) is 52.5 Å². The van der Waals surface area contributed by atoms with Gasteiger partial charge in [0.15, 0.2) is 5.58 Å². The van der Waals surface area contributed by atoms with E-state index < -0.39 is 19.1 Å². The van der Waals surface area contributed by atoms with Crippen molar-refractivity contribution in [3.8, 4) is 0 Å². The summed E-state index contributed by atoms with van der Waals surface area (Å²) >= 11 is 3.38. The van der Waals surface area contributed by atoms with Crippen LogP contribution in [0, 0.1) is 0 Å². The van der Waals surface area contributed by atoms with Crippen molar-refractivity contribution in [2.45, 2.75) is 19.1 Å². The van der Waals surface area contributed by atoms with Gasteiger partial charge in [-0.3, -0.25) is 4.90 Å². The molecule has 3 nitrogen and oxygen atoms in total. The van der Waals surface area contributed by atoms with Gasteiger partial charge in [-0.05, 0) is 29.8 Å². The van der Waals surface area contributed by atoms with Gasteiger partial charge in [-0.15, -0.1) is 0 Å². The van der Waals surface area contributed by atoms with Crippen LogP contribution < -0.4 is 4.90 Å². The Morgan fingerprint density at radius 2 is 2.14 bits per heavy atom. The fraction of sp³-hybridized carbons (Fsp3) is 0.235. The van der Waals surface area contributed by atoms with E-state index in [1.54, 1.807) is 41.3 Å². The van der Waals surface area contributed by atoms with Crippen molar-refractivity contribution in [1.29, 1.82) is 0 Å². The van der Waals surface area contributed by atoms with E-state index in [0.29, 0.717) is 21.3 Å². The number of aromatic nitrogens is 1. The Bertz CT molecular complexity index is 979. The normalized spacial score (nSPS) is 21.9. The van der Waals surface area contributed by atoms with E-state index in [4.69, 9.17) is 12.6 Å². The lowest BCUT2D eigenvalue weighted by Crippen LogP contribution is -2.25. The van der Waals surface area contributed by atoms with Gasteiger partial charge in [0.25, 0.3) is 0 Å². The molecule has 106 valence electrons. The fourth-order valence-electron chi connectivity index (χ4n) is 2.64. The van der Waals surface area contributed by atoms with Gasteiger partial charge >= 0.3 is 6.01 Å². The van der Waals surface area contributed by atoms with E-state index in [1.165, 1.54) is 0 Å². The predicted octanol–water partition coefficient (Wildman–Crippen LogP) is 5.02. The highest BCUT2D eigenvalue weighted by atomic mass is 79.9. The van der Waals surface area contributed by atoms with Crippen LogP contribution in [0.25, 0.3) is 11.1 Å². The van der Waals surface area contributed by atoms with Crippen LogP contribution in [0.3, 0.4) is 0 Å². The molecule has 1 aliphatic rings. The van der Waals surface area contributed by atoms with Crippen LogP contribution in [-0.4, -0.2) is 11.5 Å². The molecule has 2 heterocycles. The maximum atomic E-state index is 8.06. The summed E-state index contributed by atoms with van der Waals surface area (Å²) in [7, 11) is 0. The Kier molecular flexibility index (Phi) is 1.65. The molecular weight excluding hydrogens is 328 g/mol. The van der Waals surface area contributed by atoms with Gasteiger partial charge in [0.1, 0.15) is 5.52 Å². The average Bonchev–Trinajstić information content (AvgIpc) is 3.12. The molecule has 0 atom stereocenters. The zero-order chi connectivity index (χ0) is 19.6. The highest BCUT2D eigenvalue weighted by Gasteiger charge is 2.37. The van der Waals surface area contributed by atoms with Crippen LogP contribution in [0.4, 0.5) is 11.7 Å². The van der Waals surface area contributed by atoms with Crippen molar-refractivity contribution in [2.24, 2.45) is 0 Å². The summed E-state index contributed by atoms with van der Waals surface area (Å²) in [6, 6.07) is 12.2. The highest BCUT2D eigenvalue weighted by molar-refractivity contribution is 9.10. The van der Waals surface area contributed by atoms with Gasteiger partial charge < -0.3 is 4.42 Å². The Balaban J connectivity index is 1.97. The molecule has 4 heteroatoms. The Morgan fingerprint density at radius 1 is 1.29 bits per heavy atom. The largest absolute Gasteiger partial charge is 0.423 e. The van der Waals surface area contributed by atoms with Gasteiger partial charge in [-0.2, -0.15) is 4.98 Å². The minimum atomic E-state index is -2.75. The quantitative estimate of drug-likeness (QED) is 0.618. The van der Waals surface area contributed by atoms with Crippen molar-refractivity contribution in [3.63, 3.8) is 0 Å². The molecule has 1 aromatic heterocycles. The molecule has 0 unspecified atom stereocenters. The second-order valence-electron chi connectivity index (χ2n) is 5.12. The smallest absolute Gasteiger partial charge is 0.303 e. The maximum Gasteiger partial charge on any atom is 0.303 e. The molecule has 0 radical (unpaired) electrons. The molecule has 2 aromatic carbocycles. The van der Waals surface area contributed by atoms with Gasteiger partial charge in [0.05, 0.1) is 5.69 Å². The van der Waals surface area contributed by atoms with E-state index in [9.17, 15) is 0 Å². The van der Waals surface area contributed by atoms with E-state index in [0.717, 1.165) is 0 Å². The first-order valence-corrected chi connectivity index (χ1v) is 7.27. The summed E-state index contributed by atoms with van der Waals surface area (Å²) in [5, 5.41) is 0. The Hall–Kier alpha value is -1.81. The number of benzene rings is 2. The molecule has 0 N–H and O–H groups in total. The molecule has 4 rings (SSSR count). The van der Waals surface area contributed by atoms with E-state index in [2.05, 4.69) is 20.9 Å². The number of hydrogen-bond acceptors (Lipinski definition) is 3. The first kappa shape index (κ1) is 7.99. The molecule has 0 aliphatic carbocycles. The van der Waals surface area contributed by atoms with Crippen LogP contribution in [-0.2, 0) is 5.41 Å². The molecule has 0 fully saturated rings. The number of para-hydroxylation sites is 2. The van der Waals surface area contributed by atoms with Gasteiger partial charge in [-0.1, -0.05) is 47.8 Å². The van der Waals surface area contributed by atoms with Crippen LogP contribution >= 0.6 is 15.9 Å².